The summed E-state index contributed by atoms with van der Waals surface area (Å²) in [6.45, 7) is 6.40. The van der Waals surface area contributed by atoms with Gasteiger partial charge in [0.25, 0.3) is 5.91 Å². The normalized spacial score (nSPS) is 10.3. The van der Waals surface area contributed by atoms with Crippen LogP contribution in [0.3, 0.4) is 0 Å². The summed E-state index contributed by atoms with van der Waals surface area (Å²) in [7, 11) is 0. The number of carbonyl (C=O) groups excluding carboxylic acids is 4. The first-order chi connectivity index (χ1) is 12.8. The monoisotopic (exact) mass is 379 g/mol. The molecular formula is C19H25NO7. The molecule has 0 saturated carbocycles. The second-order valence-corrected chi connectivity index (χ2v) is 5.96. The summed E-state index contributed by atoms with van der Waals surface area (Å²) in [6, 6.07) is 3.05. The summed E-state index contributed by atoms with van der Waals surface area (Å²) in [5, 5.41) is 2.55. The quantitative estimate of drug-likeness (QED) is 0.491. The largest absolute Gasteiger partial charge is 0.491 e. The minimum Gasteiger partial charge on any atom is -0.491 e. The maximum Gasteiger partial charge on any atom is 0.306 e. The third-order valence-corrected chi connectivity index (χ3v) is 3.31. The maximum absolute atomic E-state index is 11.8. The summed E-state index contributed by atoms with van der Waals surface area (Å²) in [6.07, 6.45) is 0.811. The van der Waals surface area contributed by atoms with Crippen molar-refractivity contribution in [1.29, 1.82) is 0 Å². The number of ether oxygens (including phenoxy) is 3. The van der Waals surface area contributed by atoms with Gasteiger partial charge in [0.1, 0.15) is 5.75 Å². The predicted molar refractivity (Wildman–Crippen MR) is 97.8 cm³/mol. The Morgan fingerprint density at radius 3 is 2.44 bits per heavy atom. The molecule has 0 bridgehead atoms. The number of hydrogen-bond donors (Lipinski definition) is 1. The van der Waals surface area contributed by atoms with Crippen LogP contribution in [-0.4, -0.2) is 43.4 Å². The van der Waals surface area contributed by atoms with Crippen molar-refractivity contribution in [3.8, 4) is 5.75 Å². The Kier molecular flexibility index (Phi) is 8.98. The molecule has 8 nitrogen and oxygen atoms in total. The van der Waals surface area contributed by atoms with Crippen molar-refractivity contribution in [1.82, 2.24) is 0 Å². The molecule has 8 heteroatoms. The summed E-state index contributed by atoms with van der Waals surface area (Å²) in [5.41, 5.74) is 1.18. The zero-order chi connectivity index (χ0) is 20.4. The Hall–Kier alpha value is -2.90. The van der Waals surface area contributed by atoms with Gasteiger partial charge in [-0.05, 0) is 33.3 Å². The second kappa shape index (κ2) is 10.9. The van der Waals surface area contributed by atoms with Gasteiger partial charge in [0, 0.05) is 36.2 Å². The first-order valence-electron chi connectivity index (χ1n) is 8.64. The van der Waals surface area contributed by atoms with Gasteiger partial charge >= 0.3 is 11.9 Å². The molecule has 0 aliphatic heterocycles. The fraction of sp³-hybridized carbons (Fsp3) is 0.474. The van der Waals surface area contributed by atoms with Gasteiger partial charge in [-0.1, -0.05) is 0 Å². The molecule has 1 rings (SSSR count). The van der Waals surface area contributed by atoms with Gasteiger partial charge < -0.3 is 19.5 Å². The van der Waals surface area contributed by atoms with Crippen molar-refractivity contribution >= 4 is 29.8 Å². The highest BCUT2D eigenvalue weighted by Gasteiger charge is 2.16. The van der Waals surface area contributed by atoms with Crippen LogP contribution < -0.4 is 10.1 Å². The van der Waals surface area contributed by atoms with Crippen molar-refractivity contribution in [2.45, 2.75) is 46.6 Å². The number of benzene rings is 1. The standard InChI is InChI=1S/C19H25NO7/c1-5-25-19(24)7-6-16-14(10-21)8-15(9-17(16)27-12(2)3)20-18(23)11-26-13(4)22/h8-10,12H,5-7,11H2,1-4H3,(H,20,23). The van der Waals surface area contributed by atoms with Gasteiger partial charge in [-0.15, -0.1) is 0 Å². The average Bonchev–Trinajstić information content (AvgIpc) is 2.58. The van der Waals surface area contributed by atoms with E-state index < -0.39 is 18.5 Å². The molecular weight excluding hydrogens is 354 g/mol. The highest BCUT2D eigenvalue weighted by atomic mass is 16.5. The van der Waals surface area contributed by atoms with Gasteiger partial charge in [-0.25, -0.2) is 0 Å². The lowest BCUT2D eigenvalue weighted by Crippen LogP contribution is -2.20. The number of carbonyl (C=O) groups is 4. The number of amides is 1. The van der Waals surface area contributed by atoms with Crippen LogP contribution in [0.2, 0.25) is 0 Å². The zero-order valence-electron chi connectivity index (χ0n) is 16.0. The SMILES string of the molecule is CCOC(=O)CCc1c(C=O)cc(NC(=O)COC(C)=O)cc1OC(C)C. The average molecular weight is 379 g/mol. The predicted octanol–water partition coefficient (Wildman–Crippen LogP) is 2.28. The van der Waals surface area contributed by atoms with Gasteiger partial charge in [0.15, 0.2) is 12.9 Å². The molecule has 0 spiro atoms. The topological polar surface area (TPSA) is 108 Å². The fourth-order valence-electron chi connectivity index (χ4n) is 2.30. The molecule has 0 unspecified atom stereocenters. The van der Waals surface area contributed by atoms with Crippen LogP contribution in [0.5, 0.6) is 5.75 Å². The molecule has 0 aliphatic rings. The molecule has 1 amide bonds. The third kappa shape index (κ3) is 7.89. The molecule has 0 aromatic heterocycles. The van der Waals surface area contributed by atoms with Crippen molar-refractivity contribution in [2.75, 3.05) is 18.5 Å². The van der Waals surface area contributed by atoms with Crippen LogP contribution in [0.4, 0.5) is 5.69 Å². The molecule has 1 N–H and O–H groups in total. The molecule has 0 atom stereocenters. The van der Waals surface area contributed by atoms with E-state index in [0.29, 0.717) is 28.8 Å². The number of esters is 2. The van der Waals surface area contributed by atoms with E-state index in [1.54, 1.807) is 13.0 Å². The van der Waals surface area contributed by atoms with E-state index in [-0.39, 0.29) is 31.5 Å². The number of hydrogen-bond acceptors (Lipinski definition) is 7. The maximum atomic E-state index is 11.8. The van der Waals surface area contributed by atoms with E-state index in [2.05, 4.69) is 10.1 Å². The van der Waals surface area contributed by atoms with Crippen molar-refractivity contribution in [3.63, 3.8) is 0 Å². The lowest BCUT2D eigenvalue weighted by molar-refractivity contribution is -0.145. The minimum absolute atomic E-state index is 0.0985. The van der Waals surface area contributed by atoms with Gasteiger partial charge in [-0.2, -0.15) is 0 Å². The zero-order valence-corrected chi connectivity index (χ0v) is 16.0. The fourth-order valence-corrected chi connectivity index (χ4v) is 2.30. The van der Waals surface area contributed by atoms with E-state index >= 15 is 0 Å². The van der Waals surface area contributed by atoms with E-state index in [0.717, 1.165) is 0 Å². The Labute approximate surface area is 158 Å². The number of nitrogens with one attached hydrogen (secondary N) is 1. The summed E-state index contributed by atoms with van der Waals surface area (Å²) < 4.78 is 15.3. The van der Waals surface area contributed by atoms with E-state index in [9.17, 15) is 19.2 Å². The van der Waals surface area contributed by atoms with Crippen LogP contribution in [0.1, 0.15) is 50.0 Å². The molecule has 27 heavy (non-hydrogen) atoms. The van der Waals surface area contributed by atoms with Gasteiger partial charge in [0.2, 0.25) is 0 Å². The van der Waals surface area contributed by atoms with Crippen LogP contribution in [0, 0.1) is 0 Å². The number of anilines is 1. The Morgan fingerprint density at radius 1 is 1.19 bits per heavy atom. The smallest absolute Gasteiger partial charge is 0.306 e. The number of rotatable bonds is 10. The third-order valence-electron chi connectivity index (χ3n) is 3.31. The van der Waals surface area contributed by atoms with E-state index in [1.165, 1.54) is 13.0 Å². The molecule has 0 saturated heterocycles. The highest BCUT2D eigenvalue weighted by Crippen LogP contribution is 2.29. The van der Waals surface area contributed by atoms with E-state index in [4.69, 9.17) is 9.47 Å². The molecule has 0 fully saturated rings. The number of aldehydes is 1. The van der Waals surface area contributed by atoms with Crippen molar-refractivity contribution in [3.05, 3.63) is 23.3 Å². The van der Waals surface area contributed by atoms with Crippen LogP contribution in [0.25, 0.3) is 0 Å². The Balaban J connectivity index is 3.07. The molecule has 1 aromatic rings. The van der Waals surface area contributed by atoms with E-state index in [1.807, 2.05) is 13.8 Å². The summed E-state index contributed by atoms with van der Waals surface area (Å²) in [4.78, 5) is 45.8. The van der Waals surface area contributed by atoms with Gasteiger partial charge in [0.05, 0.1) is 12.7 Å². The molecule has 148 valence electrons. The van der Waals surface area contributed by atoms with Crippen LogP contribution in [-0.2, 0) is 30.3 Å². The van der Waals surface area contributed by atoms with Gasteiger partial charge in [-0.3, -0.25) is 19.2 Å². The first-order valence-corrected chi connectivity index (χ1v) is 8.64. The summed E-state index contributed by atoms with van der Waals surface area (Å²) in [5.74, 6) is -1.10. The van der Waals surface area contributed by atoms with Crippen LogP contribution >= 0.6 is 0 Å². The Morgan fingerprint density at radius 2 is 1.89 bits per heavy atom. The highest BCUT2D eigenvalue weighted by molar-refractivity contribution is 5.94. The van der Waals surface area contributed by atoms with Crippen molar-refractivity contribution in [2.24, 2.45) is 0 Å². The molecule has 0 heterocycles. The molecule has 1 aromatic carbocycles. The minimum atomic E-state index is -0.572. The lowest BCUT2D eigenvalue weighted by Gasteiger charge is -2.18. The summed E-state index contributed by atoms with van der Waals surface area (Å²) >= 11 is 0. The van der Waals surface area contributed by atoms with Crippen molar-refractivity contribution < 1.29 is 33.4 Å². The second-order valence-electron chi connectivity index (χ2n) is 5.96. The lowest BCUT2D eigenvalue weighted by atomic mass is 10.0. The first kappa shape index (κ1) is 22.1. The molecule has 0 aliphatic carbocycles. The molecule has 0 radical (unpaired) electrons. The Bertz CT molecular complexity index is 698. The van der Waals surface area contributed by atoms with Crippen LogP contribution in [0.15, 0.2) is 12.1 Å².